The molecule has 1 fully saturated rings. The molecule has 0 amide bonds. The Morgan fingerprint density at radius 3 is 2.51 bits per heavy atom. The average molecular weight is 496 g/mol. The Morgan fingerprint density at radius 1 is 1.03 bits per heavy atom. The summed E-state index contributed by atoms with van der Waals surface area (Å²) in [7, 11) is 0. The van der Waals surface area contributed by atoms with E-state index in [0.717, 1.165) is 36.3 Å². The number of aliphatic hydroxyl groups is 1. The smallest absolute Gasteiger partial charge is 0.281 e. The molecule has 1 N–H and O–H groups in total. The fraction of sp³-hybridized carbons (Fsp3) is 0.148. The van der Waals surface area contributed by atoms with Crippen LogP contribution < -0.4 is 0 Å². The molecule has 184 valence electrons. The number of halogens is 1. The summed E-state index contributed by atoms with van der Waals surface area (Å²) in [6, 6.07) is 17.8. The third-order valence-electron chi connectivity index (χ3n) is 6.38. The number of benzene rings is 2. The number of hydrogen-bond acceptors (Lipinski definition) is 8. The van der Waals surface area contributed by atoms with Gasteiger partial charge < -0.3 is 9.63 Å². The monoisotopic (exact) mass is 495 g/mol. The SMILES string of the molecule is C=C(O)C1CN(Cc2ccc(-c3noc(-c4nnn(-c5ccccc5F)c4-c4ccncc4)n3)cc2)C1. The fourth-order valence-corrected chi connectivity index (χ4v) is 4.35. The molecule has 0 spiro atoms. The Kier molecular flexibility index (Phi) is 5.78. The van der Waals surface area contributed by atoms with E-state index in [4.69, 9.17) is 4.52 Å². The van der Waals surface area contributed by atoms with Crippen LogP contribution in [0.2, 0.25) is 0 Å². The van der Waals surface area contributed by atoms with Crippen molar-refractivity contribution in [2.24, 2.45) is 5.92 Å². The van der Waals surface area contributed by atoms with Gasteiger partial charge in [0, 0.05) is 49.1 Å². The van der Waals surface area contributed by atoms with Gasteiger partial charge in [-0.1, -0.05) is 53.3 Å². The highest BCUT2D eigenvalue weighted by molar-refractivity contribution is 5.76. The maximum atomic E-state index is 14.6. The second kappa shape index (κ2) is 9.40. The van der Waals surface area contributed by atoms with Gasteiger partial charge in [0.25, 0.3) is 5.89 Å². The zero-order valence-electron chi connectivity index (χ0n) is 19.7. The van der Waals surface area contributed by atoms with E-state index >= 15 is 0 Å². The molecule has 5 aromatic rings. The molecule has 9 nitrogen and oxygen atoms in total. The zero-order valence-corrected chi connectivity index (χ0v) is 19.7. The molecule has 10 heteroatoms. The van der Waals surface area contributed by atoms with Crippen molar-refractivity contribution in [3.63, 3.8) is 0 Å². The molecule has 0 unspecified atom stereocenters. The summed E-state index contributed by atoms with van der Waals surface area (Å²) < 4.78 is 21.6. The van der Waals surface area contributed by atoms with Crippen molar-refractivity contribution in [1.82, 2.24) is 35.0 Å². The van der Waals surface area contributed by atoms with E-state index in [1.807, 2.05) is 24.3 Å². The van der Waals surface area contributed by atoms with Crippen LogP contribution in [0, 0.1) is 11.7 Å². The molecule has 1 aliphatic heterocycles. The number of hydrogen-bond donors (Lipinski definition) is 1. The lowest BCUT2D eigenvalue weighted by atomic mass is 9.97. The topological polar surface area (TPSA) is 106 Å². The maximum Gasteiger partial charge on any atom is 0.281 e. The van der Waals surface area contributed by atoms with E-state index < -0.39 is 5.82 Å². The summed E-state index contributed by atoms with van der Waals surface area (Å²) in [5.74, 6) is 0.550. The second-order valence-electron chi connectivity index (χ2n) is 8.89. The van der Waals surface area contributed by atoms with Crippen molar-refractivity contribution >= 4 is 0 Å². The molecule has 0 saturated carbocycles. The van der Waals surface area contributed by atoms with Crippen molar-refractivity contribution in [2.75, 3.05) is 13.1 Å². The molecule has 4 heterocycles. The van der Waals surface area contributed by atoms with E-state index in [1.165, 1.54) is 10.7 Å². The molecule has 0 aliphatic carbocycles. The molecule has 37 heavy (non-hydrogen) atoms. The van der Waals surface area contributed by atoms with Gasteiger partial charge in [0.15, 0.2) is 5.69 Å². The van der Waals surface area contributed by atoms with Gasteiger partial charge >= 0.3 is 0 Å². The number of rotatable bonds is 7. The quantitative estimate of drug-likeness (QED) is 0.324. The molecular weight excluding hydrogens is 473 g/mol. The second-order valence-corrected chi connectivity index (χ2v) is 8.89. The van der Waals surface area contributed by atoms with E-state index in [9.17, 15) is 9.50 Å². The standard InChI is InChI=1S/C27H22FN7O2/c1-17(36)21-15-34(16-21)14-18-6-8-20(9-7-18)26-30-27(37-32-26)24-25(19-10-12-29-13-11-19)35(33-31-24)23-5-3-2-4-22(23)28/h2-13,21,36H,1,14-16H2. The molecule has 6 rings (SSSR count). The predicted octanol–water partition coefficient (Wildman–Crippen LogP) is 4.69. The minimum atomic E-state index is -0.435. The molecule has 0 radical (unpaired) electrons. The molecular formula is C27H22FN7O2. The van der Waals surface area contributed by atoms with Gasteiger partial charge in [-0.15, -0.1) is 5.10 Å². The number of likely N-dealkylation sites (tertiary alicyclic amines) is 1. The van der Waals surface area contributed by atoms with E-state index in [2.05, 4.69) is 36.9 Å². The number of aromatic nitrogens is 6. The van der Waals surface area contributed by atoms with Crippen molar-refractivity contribution < 1.29 is 14.0 Å². The summed E-state index contributed by atoms with van der Waals surface area (Å²) >= 11 is 0. The highest BCUT2D eigenvalue weighted by Gasteiger charge is 2.28. The number of para-hydroxylation sites is 1. The molecule has 1 aliphatic rings. The Balaban J connectivity index is 1.29. The maximum absolute atomic E-state index is 14.6. The summed E-state index contributed by atoms with van der Waals surface area (Å²) in [6.07, 6.45) is 3.28. The first-order chi connectivity index (χ1) is 18.1. The predicted molar refractivity (Wildman–Crippen MR) is 134 cm³/mol. The zero-order chi connectivity index (χ0) is 25.4. The van der Waals surface area contributed by atoms with Crippen molar-refractivity contribution in [1.29, 1.82) is 0 Å². The lowest BCUT2D eigenvalue weighted by Gasteiger charge is -2.38. The van der Waals surface area contributed by atoms with Crippen LogP contribution in [0.5, 0.6) is 0 Å². The number of aliphatic hydroxyl groups excluding tert-OH is 1. The molecule has 0 atom stereocenters. The largest absolute Gasteiger partial charge is 0.513 e. The summed E-state index contributed by atoms with van der Waals surface area (Å²) in [5, 5.41) is 22.1. The average Bonchev–Trinajstić information content (AvgIpc) is 3.55. The van der Waals surface area contributed by atoms with Gasteiger partial charge in [-0.2, -0.15) is 4.98 Å². The van der Waals surface area contributed by atoms with Gasteiger partial charge in [-0.05, 0) is 29.8 Å². The van der Waals surface area contributed by atoms with Crippen LogP contribution in [-0.2, 0) is 6.54 Å². The minimum absolute atomic E-state index is 0.158. The third-order valence-corrected chi connectivity index (χ3v) is 6.38. The van der Waals surface area contributed by atoms with Crippen LogP contribution in [0.4, 0.5) is 4.39 Å². The van der Waals surface area contributed by atoms with Gasteiger partial charge in [-0.3, -0.25) is 9.88 Å². The molecule has 3 aromatic heterocycles. The van der Waals surface area contributed by atoms with Gasteiger partial charge in [-0.25, -0.2) is 9.07 Å². The van der Waals surface area contributed by atoms with Gasteiger partial charge in [0.1, 0.15) is 17.2 Å². The van der Waals surface area contributed by atoms with Crippen LogP contribution in [0.3, 0.4) is 0 Å². The lowest BCUT2D eigenvalue weighted by Crippen LogP contribution is -2.46. The summed E-state index contributed by atoms with van der Waals surface area (Å²) in [6.45, 7) is 6.00. The Hall–Kier alpha value is -4.70. The van der Waals surface area contributed by atoms with Crippen LogP contribution >= 0.6 is 0 Å². The normalized spacial score (nSPS) is 14.0. The highest BCUT2D eigenvalue weighted by Crippen LogP contribution is 2.33. The fourth-order valence-electron chi connectivity index (χ4n) is 4.35. The van der Waals surface area contributed by atoms with Gasteiger partial charge in [0.05, 0.1) is 5.76 Å². The number of pyridine rings is 1. The lowest BCUT2D eigenvalue weighted by molar-refractivity contribution is 0.0863. The van der Waals surface area contributed by atoms with Crippen molar-refractivity contribution in [3.8, 4) is 39.9 Å². The van der Waals surface area contributed by atoms with E-state index in [0.29, 0.717) is 17.2 Å². The number of nitrogens with zero attached hydrogens (tertiary/aromatic N) is 7. The summed E-state index contributed by atoms with van der Waals surface area (Å²) in [5.41, 5.74) is 3.75. The first-order valence-electron chi connectivity index (χ1n) is 11.7. The third kappa shape index (κ3) is 4.38. The first kappa shape index (κ1) is 22.7. The van der Waals surface area contributed by atoms with Crippen LogP contribution in [0.1, 0.15) is 5.56 Å². The van der Waals surface area contributed by atoms with Crippen molar-refractivity contribution in [3.05, 3.63) is 96.8 Å². The van der Waals surface area contributed by atoms with Crippen LogP contribution in [0.15, 0.2) is 89.9 Å². The van der Waals surface area contributed by atoms with E-state index in [1.54, 1.807) is 42.7 Å². The van der Waals surface area contributed by atoms with E-state index in [-0.39, 0.29) is 23.3 Å². The van der Waals surface area contributed by atoms with Crippen LogP contribution in [-0.4, -0.2) is 53.2 Å². The van der Waals surface area contributed by atoms with Gasteiger partial charge in [0.2, 0.25) is 5.82 Å². The molecule has 0 bridgehead atoms. The molecule has 2 aromatic carbocycles. The molecule has 1 saturated heterocycles. The summed E-state index contributed by atoms with van der Waals surface area (Å²) in [4.78, 5) is 10.9. The Bertz CT molecular complexity index is 1560. The Labute approximate surface area is 211 Å². The minimum Gasteiger partial charge on any atom is -0.513 e. The van der Waals surface area contributed by atoms with Crippen LogP contribution in [0.25, 0.3) is 39.9 Å². The first-order valence-corrected chi connectivity index (χ1v) is 11.7. The highest BCUT2D eigenvalue weighted by atomic mass is 19.1. The Morgan fingerprint density at radius 2 is 1.78 bits per heavy atom. The van der Waals surface area contributed by atoms with Crippen molar-refractivity contribution in [2.45, 2.75) is 6.54 Å².